The van der Waals surface area contributed by atoms with Crippen LogP contribution >= 0.6 is 12.6 Å². The first kappa shape index (κ1) is 11.3. The van der Waals surface area contributed by atoms with Crippen LogP contribution in [0.25, 0.3) is 0 Å². The largest absolute Gasteiger partial charge is 0.447 e. The summed E-state index contributed by atoms with van der Waals surface area (Å²) in [5, 5.41) is -0.0831. The van der Waals surface area contributed by atoms with Crippen LogP contribution in [-0.4, -0.2) is 23.0 Å². The maximum atomic E-state index is 11.6. The number of hydrogen-bond donors (Lipinski definition) is 1. The van der Waals surface area contributed by atoms with E-state index < -0.39 is 0 Å². The number of ether oxygens (including phenoxy) is 1. The van der Waals surface area contributed by atoms with E-state index in [4.69, 9.17) is 4.74 Å². The van der Waals surface area contributed by atoms with Crippen molar-refractivity contribution in [2.45, 2.75) is 24.8 Å². The van der Waals surface area contributed by atoms with Gasteiger partial charge in [-0.2, -0.15) is 12.6 Å². The second-order valence-corrected chi connectivity index (χ2v) is 4.40. The van der Waals surface area contributed by atoms with Crippen molar-refractivity contribution >= 4 is 18.7 Å². The molecule has 0 saturated carbocycles. The van der Waals surface area contributed by atoms with E-state index in [2.05, 4.69) is 12.6 Å². The highest BCUT2D eigenvalue weighted by molar-refractivity contribution is 7.80. The molecule has 0 unspecified atom stereocenters. The van der Waals surface area contributed by atoms with Gasteiger partial charge in [0.2, 0.25) is 0 Å². The molecule has 0 aliphatic carbocycles. The topological polar surface area (TPSA) is 29.5 Å². The number of carbonyl (C=O) groups is 1. The highest BCUT2D eigenvalue weighted by Crippen LogP contribution is 2.31. The molecule has 2 atom stereocenters. The Kier molecular flexibility index (Phi) is 3.39. The summed E-state index contributed by atoms with van der Waals surface area (Å²) in [6.45, 7) is 2.42. The molecule has 1 amide bonds. The Morgan fingerprint density at radius 2 is 2.19 bits per heavy atom. The second kappa shape index (κ2) is 4.78. The van der Waals surface area contributed by atoms with Crippen LogP contribution < -0.4 is 0 Å². The fourth-order valence-corrected chi connectivity index (χ4v) is 2.15. The van der Waals surface area contributed by atoms with Gasteiger partial charge < -0.3 is 4.74 Å². The Labute approximate surface area is 101 Å². The van der Waals surface area contributed by atoms with Crippen molar-refractivity contribution in [3.05, 3.63) is 35.9 Å². The third-order valence-electron chi connectivity index (χ3n) is 2.78. The van der Waals surface area contributed by atoms with Crippen LogP contribution in [0, 0.1) is 0 Å². The first-order valence-corrected chi connectivity index (χ1v) is 5.93. The Morgan fingerprint density at radius 3 is 2.81 bits per heavy atom. The van der Waals surface area contributed by atoms with Crippen LogP contribution in [0.3, 0.4) is 0 Å². The molecule has 1 aromatic carbocycles. The molecule has 1 heterocycles. The van der Waals surface area contributed by atoms with Gasteiger partial charge in [-0.15, -0.1) is 0 Å². The number of rotatable bonds is 3. The fourth-order valence-electron chi connectivity index (χ4n) is 1.89. The van der Waals surface area contributed by atoms with Crippen molar-refractivity contribution < 1.29 is 9.53 Å². The van der Waals surface area contributed by atoms with Crippen molar-refractivity contribution in [3.63, 3.8) is 0 Å². The maximum Gasteiger partial charge on any atom is 0.411 e. The molecule has 0 N–H and O–H groups in total. The molecular weight excluding hydrogens is 222 g/mol. The van der Waals surface area contributed by atoms with Crippen LogP contribution in [0.1, 0.15) is 24.9 Å². The van der Waals surface area contributed by atoms with Crippen LogP contribution in [0.5, 0.6) is 0 Å². The van der Waals surface area contributed by atoms with Gasteiger partial charge >= 0.3 is 6.09 Å². The first-order valence-electron chi connectivity index (χ1n) is 5.42. The summed E-state index contributed by atoms with van der Waals surface area (Å²) < 4.78 is 5.09. The molecular formula is C12H15NO2S. The van der Waals surface area contributed by atoms with Gasteiger partial charge in [-0.1, -0.05) is 37.3 Å². The summed E-state index contributed by atoms with van der Waals surface area (Å²) in [4.78, 5) is 13.3. The Bertz CT molecular complexity index is 369. The molecule has 1 aromatic rings. The quantitative estimate of drug-likeness (QED) is 0.819. The first-order chi connectivity index (χ1) is 7.74. The Hall–Kier alpha value is -1.16. The molecule has 4 heteroatoms. The van der Waals surface area contributed by atoms with E-state index in [0.29, 0.717) is 6.61 Å². The zero-order valence-electron chi connectivity index (χ0n) is 9.17. The zero-order valence-corrected chi connectivity index (χ0v) is 10.1. The third-order valence-corrected chi connectivity index (χ3v) is 3.40. The Morgan fingerprint density at radius 1 is 1.50 bits per heavy atom. The molecule has 1 aliphatic heterocycles. The van der Waals surface area contributed by atoms with Gasteiger partial charge in [0.25, 0.3) is 0 Å². The normalized spacial score (nSPS) is 22.0. The number of amides is 1. The van der Waals surface area contributed by atoms with Gasteiger partial charge in [-0.25, -0.2) is 4.79 Å². The predicted octanol–water partition coefficient (Wildman–Crippen LogP) is 2.85. The van der Waals surface area contributed by atoms with Gasteiger partial charge in [0.1, 0.15) is 6.61 Å². The highest BCUT2D eigenvalue weighted by atomic mass is 32.1. The van der Waals surface area contributed by atoms with Crippen LogP contribution in [0.4, 0.5) is 4.79 Å². The van der Waals surface area contributed by atoms with E-state index in [0.717, 1.165) is 12.0 Å². The van der Waals surface area contributed by atoms with Crippen molar-refractivity contribution in [1.29, 1.82) is 0 Å². The number of thiol groups is 1. The van der Waals surface area contributed by atoms with E-state index in [1.165, 1.54) is 0 Å². The Balaban J connectivity index is 2.24. The fraction of sp³-hybridized carbons (Fsp3) is 0.417. The molecule has 0 radical (unpaired) electrons. The molecule has 1 saturated heterocycles. The van der Waals surface area contributed by atoms with Crippen LogP contribution in [0.15, 0.2) is 30.3 Å². The van der Waals surface area contributed by atoms with Crippen LogP contribution in [0.2, 0.25) is 0 Å². The molecule has 0 aromatic heterocycles. The lowest BCUT2D eigenvalue weighted by Gasteiger charge is -2.26. The van der Waals surface area contributed by atoms with E-state index in [1.54, 1.807) is 4.90 Å². The van der Waals surface area contributed by atoms with Gasteiger partial charge in [0, 0.05) is 0 Å². The molecule has 1 aliphatic rings. The highest BCUT2D eigenvalue weighted by Gasteiger charge is 2.36. The molecule has 0 bridgehead atoms. The van der Waals surface area contributed by atoms with Gasteiger partial charge in [0.05, 0.1) is 11.4 Å². The predicted molar refractivity (Wildman–Crippen MR) is 65.4 cm³/mol. The number of hydrogen-bond acceptors (Lipinski definition) is 3. The van der Waals surface area contributed by atoms with Gasteiger partial charge in [-0.3, -0.25) is 4.90 Å². The van der Waals surface area contributed by atoms with Gasteiger partial charge in [-0.05, 0) is 12.0 Å². The van der Waals surface area contributed by atoms with E-state index in [9.17, 15) is 4.79 Å². The minimum absolute atomic E-state index is 0.00356. The SMILES string of the molecule is CC[C@H](S)N1C(=O)OC[C@@H]1c1ccccc1. The summed E-state index contributed by atoms with van der Waals surface area (Å²) in [6.07, 6.45) is 0.539. The number of carbonyl (C=O) groups excluding carboxylic acids is 1. The lowest BCUT2D eigenvalue weighted by molar-refractivity contribution is 0.155. The summed E-state index contributed by atoms with van der Waals surface area (Å²) in [5.74, 6) is 0. The number of benzene rings is 1. The summed E-state index contributed by atoms with van der Waals surface area (Å²) in [5.41, 5.74) is 1.10. The molecule has 2 rings (SSSR count). The molecule has 3 nitrogen and oxygen atoms in total. The lowest BCUT2D eigenvalue weighted by Crippen LogP contribution is -2.34. The molecule has 0 spiro atoms. The molecule has 1 fully saturated rings. The van der Waals surface area contributed by atoms with Crippen LogP contribution in [-0.2, 0) is 4.74 Å². The number of nitrogens with zero attached hydrogens (tertiary/aromatic N) is 1. The zero-order chi connectivity index (χ0) is 11.5. The minimum atomic E-state index is -0.268. The summed E-state index contributed by atoms with van der Waals surface area (Å²) >= 11 is 4.42. The standard InChI is InChI=1S/C12H15NO2S/c1-2-11(16)13-10(8-15-12(13)14)9-6-4-3-5-7-9/h3-7,10-11,16H,2,8H2,1H3/t10-,11+/m1/s1. The van der Waals surface area contributed by atoms with Crippen molar-refractivity contribution in [3.8, 4) is 0 Å². The van der Waals surface area contributed by atoms with E-state index in [-0.39, 0.29) is 17.5 Å². The van der Waals surface area contributed by atoms with Gasteiger partial charge in [0.15, 0.2) is 0 Å². The summed E-state index contributed by atoms with van der Waals surface area (Å²) in [7, 11) is 0. The second-order valence-electron chi connectivity index (χ2n) is 3.80. The van der Waals surface area contributed by atoms with E-state index in [1.807, 2.05) is 37.3 Å². The molecule has 16 heavy (non-hydrogen) atoms. The van der Waals surface area contributed by atoms with Crippen molar-refractivity contribution in [2.24, 2.45) is 0 Å². The summed E-state index contributed by atoms with van der Waals surface area (Å²) in [6, 6.07) is 9.91. The molecule has 86 valence electrons. The average molecular weight is 237 g/mol. The number of cyclic esters (lactones) is 1. The van der Waals surface area contributed by atoms with Crippen molar-refractivity contribution in [2.75, 3.05) is 6.61 Å². The van der Waals surface area contributed by atoms with E-state index >= 15 is 0 Å². The monoisotopic (exact) mass is 237 g/mol. The smallest absolute Gasteiger partial charge is 0.411 e. The average Bonchev–Trinajstić information content (AvgIpc) is 2.71. The van der Waals surface area contributed by atoms with Crippen molar-refractivity contribution in [1.82, 2.24) is 4.90 Å². The third kappa shape index (κ3) is 2.02. The maximum absolute atomic E-state index is 11.6. The lowest BCUT2D eigenvalue weighted by atomic mass is 10.1. The minimum Gasteiger partial charge on any atom is -0.447 e.